The van der Waals surface area contributed by atoms with Gasteiger partial charge in [0.25, 0.3) is 0 Å². The van der Waals surface area contributed by atoms with Gasteiger partial charge in [-0.3, -0.25) is 0 Å². The van der Waals surface area contributed by atoms with E-state index in [4.69, 9.17) is 4.74 Å². The minimum Gasteiger partial charge on any atom is -0.409 e. The zero-order valence-corrected chi connectivity index (χ0v) is 9.74. The second-order valence-electron chi connectivity index (χ2n) is 3.38. The maximum Gasteiger partial charge on any atom is 0.415 e. The Morgan fingerprint density at radius 3 is 2.73 bits per heavy atom. The van der Waals surface area contributed by atoms with Gasteiger partial charge in [0, 0.05) is 13.1 Å². The van der Waals surface area contributed by atoms with Crippen molar-refractivity contribution < 1.29 is 9.53 Å². The fraction of sp³-hybridized carbons (Fsp3) is 0.400. The highest BCUT2D eigenvalue weighted by atomic mass is 79.9. The molecule has 1 aromatic heterocycles. The van der Waals surface area contributed by atoms with Crippen LogP contribution in [0.2, 0.25) is 0 Å². The average Bonchev–Trinajstić information content (AvgIpc) is 2.74. The van der Waals surface area contributed by atoms with E-state index in [2.05, 4.69) is 20.9 Å². The van der Waals surface area contributed by atoms with Gasteiger partial charge in [-0.25, -0.2) is 9.78 Å². The van der Waals surface area contributed by atoms with Crippen molar-refractivity contribution in [3.05, 3.63) is 22.9 Å². The van der Waals surface area contributed by atoms with Crippen molar-refractivity contribution >= 4 is 22.0 Å². The SMILES string of the molecule is O=C(Oc1ccc(Br)nc1)N1CCCC1. The van der Waals surface area contributed by atoms with E-state index in [-0.39, 0.29) is 6.09 Å². The third-order valence-electron chi connectivity index (χ3n) is 2.27. The topological polar surface area (TPSA) is 42.4 Å². The summed E-state index contributed by atoms with van der Waals surface area (Å²) in [6.07, 6.45) is 3.37. The lowest BCUT2D eigenvalue weighted by molar-refractivity contribution is 0.162. The molecule has 1 fully saturated rings. The Morgan fingerprint density at radius 1 is 1.40 bits per heavy atom. The molecule has 1 saturated heterocycles. The molecule has 0 atom stereocenters. The third kappa shape index (κ3) is 2.68. The van der Waals surface area contributed by atoms with Crippen LogP contribution in [0.25, 0.3) is 0 Å². The maximum atomic E-state index is 11.6. The van der Waals surface area contributed by atoms with Gasteiger partial charge in [0.05, 0.1) is 6.20 Å². The van der Waals surface area contributed by atoms with Crippen molar-refractivity contribution in [2.75, 3.05) is 13.1 Å². The zero-order valence-electron chi connectivity index (χ0n) is 8.15. The molecule has 0 unspecified atom stereocenters. The smallest absolute Gasteiger partial charge is 0.409 e. The van der Waals surface area contributed by atoms with E-state index in [1.54, 1.807) is 17.0 Å². The fourth-order valence-corrected chi connectivity index (χ4v) is 1.72. The number of hydrogen-bond donors (Lipinski definition) is 0. The molecule has 5 heteroatoms. The molecule has 0 aromatic carbocycles. The number of nitrogens with zero attached hydrogens (tertiary/aromatic N) is 2. The van der Waals surface area contributed by atoms with E-state index in [0.29, 0.717) is 5.75 Å². The van der Waals surface area contributed by atoms with Crippen LogP contribution in [0.3, 0.4) is 0 Å². The monoisotopic (exact) mass is 270 g/mol. The first-order valence-electron chi connectivity index (χ1n) is 4.84. The molecule has 1 amide bonds. The Hall–Kier alpha value is -1.10. The average molecular weight is 271 g/mol. The van der Waals surface area contributed by atoms with Crippen molar-refractivity contribution in [1.82, 2.24) is 9.88 Å². The summed E-state index contributed by atoms with van der Waals surface area (Å²) < 4.78 is 5.88. The van der Waals surface area contributed by atoms with E-state index < -0.39 is 0 Å². The first kappa shape index (κ1) is 10.4. The van der Waals surface area contributed by atoms with Gasteiger partial charge < -0.3 is 9.64 Å². The summed E-state index contributed by atoms with van der Waals surface area (Å²) in [5, 5.41) is 0. The second kappa shape index (κ2) is 4.61. The summed E-state index contributed by atoms with van der Waals surface area (Å²) in [6, 6.07) is 3.46. The summed E-state index contributed by atoms with van der Waals surface area (Å²) >= 11 is 3.22. The quantitative estimate of drug-likeness (QED) is 0.737. The molecule has 0 bridgehead atoms. The van der Waals surface area contributed by atoms with E-state index in [1.807, 2.05) is 0 Å². The van der Waals surface area contributed by atoms with Crippen LogP contribution in [-0.4, -0.2) is 29.1 Å². The van der Waals surface area contributed by atoms with Gasteiger partial charge in [0.2, 0.25) is 0 Å². The highest BCUT2D eigenvalue weighted by molar-refractivity contribution is 9.10. The number of hydrogen-bond acceptors (Lipinski definition) is 3. The van der Waals surface area contributed by atoms with Gasteiger partial charge in [-0.1, -0.05) is 0 Å². The molecule has 0 spiro atoms. The minimum atomic E-state index is -0.281. The molecule has 2 rings (SSSR count). The molecular formula is C10H11BrN2O2. The summed E-state index contributed by atoms with van der Waals surface area (Å²) in [7, 11) is 0. The van der Waals surface area contributed by atoms with Crippen LogP contribution in [0.1, 0.15) is 12.8 Å². The number of carbonyl (C=O) groups is 1. The van der Waals surface area contributed by atoms with E-state index in [9.17, 15) is 4.79 Å². The van der Waals surface area contributed by atoms with Crippen LogP contribution in [0, 0.1) is 0 Å². The molecule has 0 aliphatic carbocycles. The number of pyridine rings is 1. The number of likely N-dealkylation sites (tertiary alicyclic amines) is 1. The number of rotatable bonds is 1. The van der Waals surface area contributed by atoms with Crippen molar-refractivity contribution in [2.24, 2.45) is 0 Å². The van der Waals surface area contributed by atoms with Crippen molar-refractivity contribution in [3.8, 4) is 5.75 Å². The van der Waals surface area contributed by atoms with Crippen LogP contribution in [0.5, 0.6) is 5.75 Å². The highest BCUT2D eigenvalue weighted by Crippen LogP contribution is 2.15. The predicted octanol–water partition coefficient (Wildman–Crippen LogP) is 2.44. The summed E-state index contributed by atoms with van der Waals surface area (Å²) in [5.41, 5.74) is 0. The molecular weight excluding hydrogens is 260 g/mol. The minimum absolute atomic E-state index is 0.281. The number of halogens is 1. The maximum absolute atomic E-state index is 11.6. The van der Waals surface area contributed by atoms with Crippen molar-refractivity contribution in [3.63, 3.8) is 0 Å². The first-order chi connectivity index (χ1) is 7.25. The number of amides is 1. The predicted molar refractivity (Wildman–Crippen MR) is 58.8 cm³/mol. The van der Waals surface area contributed by atoms with Crippen LogP contribution < -0.4 is 4.74 Å². The lowest BCUT2D eigenvalue weighted by Gasteiger charge is -2.14. The summed E-state index contributed by atoms with van der Waals surface area (Å²) in [6.45, 7) is 1.59. The normalized spacial score (nSPS) is 15.4. The van der Waals surface area contributed by atoms with Crippen molar-refractivity contribution in [2.45, 2.75) is 12.8 Å². The Balaban J connectivity index is 1.96. The van der Waals surface area contributed by atoms with Crippen LogP contribution in [-0.2, 0) is 0 Å². The number of aromatic nitrogens is 1. The molecule has 80 valence electrons. The molecule has 1 aliphatic heterocycles. The van der Waals surface area contributed by atoms with E-state index in [1.165, 1.54) is 6.20 Å². The number of ether oxygens (including phenoxy) is 1. The molecule has 0 radical (unpaired) electrons. The van der Waals surface area contributed by atoms with Crippen molar-refractivity contribution in [1.29, 1.82) is 0 Å². The molecule has 15 heavy (non-hydrogen) atoms. The lowest BCUT2D eigenvalue weighted by Crippen LogP contribution is -2.30. The Kier molecular flexibility index (Phi) is 3.20. The molecule has 1 aliphatic rings. The first-order valence-corrected chi connectivity index (χ1v) is 5.63. The van der Waals surface area contributed by atoms with Gasteiger partial charge in [-0.05, 0) is 40.9 Å². The molecule has 0 saturated carbocycles. The van der Waals surface area contributed by atoms with Gasteiger partial charge in [-0.2, -0.15) is 0 Å². The van der Waals surface area contributed by atoms with Gasteiger partial charge in [0.15, 0.2) is 5.75 Å². The molecule has 1 aromatic rings. The summed E-state index contributed by atoms with van der Waals surface area (Å²) in [5.74, 6) is 0.482. The Morgan fingerprint density at radius 2 is 2.13 bits per heavy atom. The highest BCUT2D eigenvalue weighted by Gasteiger charge is 2.19. The fourth-order valence-electron chi connectivity index (χ4n) is 1.49. The molecule has 2 heterocycles. The van der Waals surface area contributed by atoms with Gasteiger partial charge >= 0.3 is 6.09 Å². The van der Waals surface area contributed by atoms with Crippen LogP contribution >= 0.6 is 15.9 Å². The largest absolute Gasteiger partial charge is 0.415 e. The second-order valence-corrected chi connectivity index (χ2v) is 4.19. The van der Waals surface area contributed by atoms with Gasteiger partial charge in [0.1, 0.15) is 4.60 Å². The van der Waals surface area contributed by atoms with E-state index >= 15 is 0 Å². The van der Waals surface area contributed by atoms with Crippen LogP contribution in [0.15, 0.2) is 22.9 Å². The lowest BCUT2D eigenvalue weighted by atomic mass is 10.4. The number of carbonyl (C=O) groups excluding carboxylic acids is 1. The Bertz CT molecular complexity index is 347. The Labute approximate surface area is 96.4 Å². The third-order valence-corrected chi connectivity index (χ3v) is 2.74. The van der Waals surface area contributed by atoms with Crippen LogP contribution in [0.4, 0.5) is 4.79 Å². The molecule has 4 nitrogen and oxygen atoms in total. The molecule has 0 N–H and O–H groups in total. The van der Waals surface area contributed by atoms with E-state index in [0.717, 1.165) is 30.5 Å². The standard InChI is InChI=1S/C10H11BrN2O2/c11-9-4-3-8(7-12-9)15-10(14)13-5-1-2-6-13/h3-4,7H,1-2,5-6H2. The van der Waals surface area contributed by atoms with Gasteiger partial charge in [-0.15, -0.1) is 0 Å². The zero-order chi connectivity index (χ0) is 10.7. The summed E-state index contributed by atoms with van der Waals surface area (Å²) in [4.78, 5) is 17.3.